The summed E-state index contributed by atoms with van der Waals surface area (Å²) < 4.78 is 16.9. The average Bonchev–Trinajstić information content (AvgIpc) is 2.71. The second kappa shape index (κ2) is 7.99. The van der Waals surface area contributed by atoms with E-state index in [2.05, 4.69) is 5.32 Å². The Kier molecular flexibility index (Phi) is 5.25. The lowest BCUT2D eigenvalue weighted by atomic mass is 10.0. The van der Waals surface area contributed by atoms with Crippen LogP contribution in [0.2, 0.25) is 0 Å². The average molecular weight is 393 g/mol. The molecular formula is C23H23NO5. The zero-order chi connectivity index (χ0) is 20.4. The van der Waals surface area contributed by atoms with Crippen LogP contribution in [0.4, 0.5) is 0 Å². The number of nitrogens with one attached hydrogen (secondary N) is 1. The quantitative estimate of drug-likeness (QED) is 0.673. The fourth-order valence-corrected chi connectivity index (χ4v) is 3.51. The Morgan fingerprint density at radius 1 is 1.14 bits per heavy atom. The van der Waals surface area contributed by atoms with Crippen LogP contribution in [0.15, 0.2) is 51.7 Å². The van der Waals surface area contributed by atoms with Gasteiger partial charge in [-0.3, -0.25) is 4.79 Å². The van der Waals surface area contributed by atoms with E-state index in [1.54, 1.807) is 0 Å². The minimum Gasteiger partial charge on any atom is -0.486 e. The maximum absolute atomic E-state index is 12.4. The number of amides is 1. The third-order valence-electron chi connectivity index (χ3n) is 5.14. The van der Waals surface area contributed by atoms with Gasteiger partial charge in [0.05, 0.1) is 6.54 Å². The molecule has 0 bridgehead atoms. The molecule has 0 saturated carbocycles. The fourth-order valence-electron chi connectivity index (χ4n) is 3.51. The minimum atomic E-state index is -0.381. The van der Waals surface area contributed by atoms with Gasteiger partial charge in [-0.25, -0.2) is 4.79 Å². The molecule has 1 aliphatic heterocycles. The maximum atomic E-state index is 12.4. The van der Waals surface area contributed by atoms with Crippen LogP contribution in [-0.2, 0) is 11.2 Å². The Morgan fingerprint density at radius 3 is 2.76 bits per heavy atom. The molecule has 29 heavy (non-hydrogen) atoms. The molecule has 1 N–H and O–H groups in total. The van der Waals surface area contributed by atoms with Crippen molar-refractivity contribution in [1.82, 2.24) is 5.32 Å². The number of rotatable bonds is 5. The number of fused-ring (bicyclic) bond motifs is 2. The van der Waals surface area contributed by atoms with Gasteiger partial charge in [0.1, 0.15) is 18.3 Å². The molecule has 6 nitrogen and oxygen atoms in total. The van der Waals surface area contributed by atoms with Crippen molar-refractivity contribution < 1.29 is 18.7 Å². The van der Waals surface area contributed by atoms with Gasteiger partial charge < -0.3 is 19.2 Å². The first-order chi connectivity index (χ1) is 14.0. The van der Waals surface area contributed by atoms with E-state index in [0.717, 1.165) is 16.5 Å². The van der Waals surface area contributed by atoms with Gasteiger partial charge in [-0.15, -0.1) is 0 Å². The highest BCUT2D eigenvalue weighted by molar-refractivity contribution is 5.82. The molecule has 0 aliphatic carbocycles. The van der Waals surface area contributed by atoms with E-state index in [1.807, 2.05) is 56.3 Å². The first-order valence-electron chi connectivity index (χ1n) is 9.69. The highest BCUT2D eigenvalue weighted by Crippen LogP contribution is 2.30. The molecule has 1 unspecified atom stereocenters. The number of hydrogen-bond acceptors (Lipinski definition) is 5. The summed E-state index contributed by atoms with van der Waals surface area (Å²) in [4.78, 5) is 24.7. The van der Waals surface area contributed by atoms with Crippen LogP contribution >= 0.6 is 0 Å². The van der Waals surface area contributed by atoms with Gasteiger partial charge in [-0.05, 0) is 49.6 Å². The SMILES string of the molecule is Cc1ccc2c(C)c(CCC(=O)NCC3COc4ccccc4O3)c(=O)oc2c1. The molecule has 150 valence electrons. The molecule has 2 heterocycles. The summed E-state index contributed by atoms with van der Waals surface area (Å²) in [6, 6.07) is 13.2. The fraction of sp³-hybridized carbons (Fsp3) is 0.304. The van der Waals surface area contributed by atoms with Crippen molar-refractivity contribution in [2.75, 3.05) is 13.2 Å². The molecule has 0 saturated heterocycles. The molecular weight excluding hydrogens is 370 g/mol. The molecule has 1 aromatic heterocycles. The van der Waals surface area contributed by atoms with Gasteiger partial charge in [0.2, 0.25) is 5.91 Å². The van der Waals surface area contributed by atoms with Crippen LogP contribution in [0, 0.1) is 13.8 Å². The highest BCUT2D eigenvalue weighted by Gasteiger charge is 2.21. The topological polar surface area (TPSA) is 77.8 Å². The van der Waals surface area contributed by atoms with Crippen molar-refractivity contribution in [2.24, 2.45) is 0 Å². The maximum Gasteiger partial charge on any atom is 0.339 e. The summed E-state index contributed by atoms with van der Waals surface area (Å²) in [5.41, 5.74) is 2.64. The van der Waals surface area contributed by atoms with Gasteiger partial charge in [0.15, 0.2) is 11.5 Å². The predicted molar refractivity (Wildman–Crippen MR) is 110 cm³/mol. The molecule has 0 spiro atoms. The van der Waals surface area contributed by atoms with E-state index in [1.165, 1.54) is 0 Å². The Hall–Kier alpha value is -3.28. The number of hydrogen-bond donors (Lipinski definition) is 1. The molecule has 1 amide bonds. The number of aryl methyl sites for hydroxylation is 2. The van der Waals surface area contributed by atoms with E-state index in [0.29, 0.717) is 42.2 Å². The lowest BCUT2D eigenvalue weighted by Crippen LogP contribution is -2.40. The van der Waals surface area contributed by atoms with Gasteiger partial charge in [0, 0.05) is 17.4 Å². The van der Waals surface area contributed by atoms with Crippen LogP contribution in [0.3, 0.4) is 0 Å². The molecule has 0 fully saturated rings. The number of carbonyl (C=O) groups is 1. The first-order valence-corrected chi connectivity index (χ1v) is 9.69. The van der Waals surface area contributed by atoms with Crippen molar-refractivity contribution in [3.05, 3.63) is 69.6 Å². The molecule has 4 rings (SSSR count). The van der Waals surface area contributed by atoms with Crippen LogP contribution in [0.25, 0.3) is 11.0 Å². The Bertz CT molecular complexity index is 1120. The third-order valence-corrected chi connectivity index (χ3v) is 5.14. The molecule has 6 heteroatoms. The standard InChI is InChI=1S/C23H23NO5/c1-14-7-8-17-15(2)18(23(26)29-21(17)11-14)9-10-22(25)24-12-16-13-27-19-5-3-4-6-20(19)28-16/h3-8,11,16H,9-10,12-13H2,1-2H3,(H,24,25). The first kappa shape index (κ1) is 19.1. The number of carbonyl (C=O) groups excluding carboxylic acids is 1. The summed E-state index contributed by atoms with van der Waals surface area (Å²) in [5.74, 6) is 1.25. The second-order valence-electron chi connectivity index (χ2n) is 7.29. The smallest absolute Gasteiger partial charge is 0.339 e. The number of ether oxygens (including phenoxy) is 2. The summed E-state index contributed by atoms with van der Waals surface area (Å²) >= 11 is 0. The van der Waals surface area contributed by atoms with E-state index in [-0.39, 0.29) is 24.1 Å². The van der Waals surface area contributed by atoms with Crippen LogP contribution in [0.5, 0.6) is 11.5 Å². The number of para-hydroxylation sites is 2. The van der Waals surface area contributed by atoms with Crippen molar-refractivity contribution in [3.63, 3.8) is 0 Å². The number of benzene rings is 2. The third kappa shape index (κ3) is 4.11. The van der Waals surface area contributed by atoms with Crippen molar-refractivity contribution >= 4 is 16.9 Å². The summed E-state index contributed by atoms with van der Waals surface area (Å²) in [6.45, 7) is 4.57. The van der Waals surface area contributed by atoms with E-state index < -0.39 is 0 Å². The lowest BCUT2D eigenvalue weighted by molar-refractivity contribution is -0.121. The predicted octanol–water partition coefficient (Wildman–Crippen LogP) is 3.30. The largest absolute Gasteiger partial charge is 0.486 e. The van der Waals surface area contributed by atoms with E-state index in [9.17, 15) is 9.59 Å². The van der Waals surface area contributed by atoms with Gasteiger partial charge in [0.25, 0.3) is 0 Å². The molecule has 1 aliphatic rings. The van der Waals surface area contributed by atoms with Crippen molar-refractivity contribution in [1.29, 1.82) is 0 Å². The van der Waals surface area contributed by atoms with Crippen LogP contribution in [-0.4, -0.2) is 25.2 Å². The van der Waals surface area contributed by atoms with Crippen LogP contribution in [0.1, 0.15) is 23.1 Å². The zero-order valence-corrected chi connectivity index (χ0v) is 16.5. The minimum absolute atomic E-state index is 0.143. The van der Waals surface area contributed by atoms with Gasteiger partial charge >= 0.3 is 5.63 Å². The molecule has 3 aromatic rings. The molecule has 0 radical (unpaired) electrons. The Balaban J connectivity index is 1.35. The lowest BCUT2D eigenvalue weighted by Gasteiger charge is -2.26. The molecule has 1 atom stereocenters. The Labute approximate surface area is 168 Å². The van der Waals surface area contributed by atoms with Crippen molar-refractivity contribution in [2.45, 2.75) is 32.8 Å². The zero-order valence-electron chi connectivity index (χ0n) is 16.5. The molecule has 2 aromatic carbocycles. The van der Waals surface area contributed by atoms with Gasteiger partial charge in [-0.1, -0.05) is 24.3 Å². The normalized spacial score (nSPS) is 15.3. The van der Waals surface area contributed by atoms with Crippen molar-refractivity contribution in [3.8, 4) is 11.5 Å². The highest BCUT2D eigenvalue weighted by atomic mass is 16.6. The van der Waals surface area contributed by atoms with Gasteiger partial charge in [-0.2, -0.15) is 0 Å². The summed E-state index contributed by atoms with van der Waals surface area (Å²) in [6.07, 6.45) is 0.284. The summed E-state index contributed by atoms with van der Waals surface area (Å²) in [5, 5.41) is 3.76. The Morgan fingerprint density at radius 2 is 1.93 bits per heavy atom. The second-order valence-corrected chi connectivity index (χ2v) is 7.29. The monoisotopic (exact) mass is 393 g/mol. The van der Waals surface area contributed by atoms with E-state index >= 15 is 0 Å². The summed E-state index contributed by atoms with van der Waals surface area (Å²) in [7, 11) is 0. The van der Waals surface area contributed by atoms with Crippen LogP contribution < -0.4 is 20.4 Å². The van der Waals surface area contributed by atoms with E-state index in [4.69, 9.17) is 13.9 Å².